The molecular weight excluding hydrogens is 311 g/mol. The number of hydrogen-bond donors (Lipinski definition) is 1. The summed E-state index contributed by atoms with van der Waals surface area (Å²) in [6.07, 6.45) is 4.72. The van der Waals surface area contributed by atoms with Crippen LogP contribution in [0, 0.1) is 12.7 Å². The van der Waals surface area contributed by atoms with Gasteiger partial charge in [0.25, 0.3) is 0 Å². The smallest absolute Gasteiger partial charge is 0.321 e. The zero-order valence-corrected chi connectivity index (χ0v) is 14.0. The third kappa shape index (κ3) is 3.20. The topological polar surface area (TPSA) is 59.4 Å². The van der Waals surface area contributed by atoms with Crippen molar-refractivity contribution in [2.45, 2.75) is 19.3 Å². The Bertz CT molecular complexity index is 759. The van der Waals surface area contributed by atoms with Gasteiger partial charge in [-0.3, -0.25) is 4.68 Å². The third-order valence-corrected chi connectivity index (χ3v) is 4.41. The number of ether oxygens (including phenoxy) is 1. The number of carbonyl (C=O) groups is 1. The van der Waals surface area contributed by atoms with Crippen LogP contribution in [0.15, 0.2) is 24.5 Å². The number of carbonyl (C=O) groups excluding carboxylic acids is 1. The van der Waals surface area contributed by atoms with E-state index < -0.39 is 5.82 Å². The van der Waals surface area contributed by atoms with Gasteiger partial charge in [0.2, 0.25) is 0 Å². The molecule has 7 heteroatoms. The van der Waals surface area contributed by atoms with Crippen LogP contribution in [0.5, 0.6) is 5.75 Å². The SMILES string of the molecule is COc1cc(C)c(NC(=O)N2CC[C@@H](c3cnn(C)c3)C2)cc1F. The summed E-state index contributed by atoms with van der Waals surface area (Å²) in [5, 5.41) is 6.97. The number of benzene rings is 1. The Kier molecular flexibility index (Phi) is 4.42. The lowest BCUT2D eigenvalue weighted by Crippen LogP contribution is -2.33. The van der Waals surface area contributed by atoms with E-state index >= 15 is 0 Å². The maximum Gasteiger partial charge on any atom is 0.321 e. The van der Waals surface area contributed by atoms with Crippen LogP contribution in [0.4, 0.5) is 14.9 Å². The molecule has 6 nitrogen and oxygen atoms in total. The number of nitrogens with one attached hydrogen (secondary N) is 1. The molecule has 1 fully saturated rings. The van der Waals surface area contributed by atoms with Gasteiger partial charge < -0.3 is 15.0 Å². The second-order valence-electron chi connectivity index (χ2n) is 6.11. The lowest BCUT2D eigenvalue weighted by Gasteiger charge is -2.18. The highest BCUT2D eigenvalue weighted by atomic mass is 19.1. The molecule has 2 amide bonds. The molecule has 0 spiro atoms. The van der Waals surface area contributed by atoms with Gasteiger partial charge in [-0.05, 0) is 30.5 Å². The number of aromatic nitrogens is 2. The van der Waals surface area contributed by atoms with Crippen LogP contribution in [-0.4, -0.2) is 40.9 Å². The maximum atomic E-state index is 13.8. The second kappa shape index (κ2) is 6.51. The van der Waals surface area contributed by atoms with Crippen molar-refractivity contribution in [2.75, 3.05) is 25.5 Å². The molecule has 0 saturated carbocycles. The first kappa shape index (κ1) is 16.3. The van der Waals surface area contributed by atoms with Crippen LogP contribution in [-0.2, 0) is 7.05 Å². The minimum absolute atomic E-state index is 0.170. The average molecular weight is 332 g/mol. The minimum Gasteiger partial charge on any atom is -0.494 e. The number of nitrogens with zero attached hydrogens (tertiary/aromatic N) is 3. The lowest BCUT2D eigenvalue weighted by atomic mass is 10.0. The highest BCUT2D eigenvalue weighted by Gasteiger charge is 2.28. The first-order valence-electron chi connectivity index (χ1n) is 7.86. The zero-order chi connectivity index (χ0) is 17.3. The Morgan fingerprint density at radius 2 is 2.25 bits per heavy atom. The van der Waals surface area contributed by atoms with Crippen molar-refractivity contribution in [3.63, 3.8) is 0 Å². The van der Waals surface area contributed by atoms with Crippen molar-refractivity contribution in [2.24, 2.45) is 7.05 Å². The normalized spacial score (nSPS) is 17.2. The molecule has 1 aromatic carbocycles. The molecule has 0 aliphatic carbocycles. The fourth-order valence-electron chi connectivity index (χ4n) is 3.01. The van der Waals surface area contributed by atoms with Gasteiger partial charge in [0.05, 0.1) is 13.3 Å². The summed E-state index contributed by atoms with van der Waals surface area (Å²) in [5.74, 6) is -0.0329. The molecule has 24 heavy (non-hydrogen) atoms. The van der Waals surface area contributed by atoms with E-state index in [-0.39, 0.29) is 17.7 Å². The third-order valence-electron chi connectivity index (χ3n) is 4.41. The number of urea groups is 1. The Balaban J connectivity index is 1.67. The molecule has 1 saturated heterocycles. The van der Waals surface area contributed by atoms with Gasteiger partial charge in [0, 0.05) is 44.0 Å². The predicted molar refractivity (Wildman–Crippen MR) is 88.8 cm³/mol. The van der Waals surface area contributed by atoms with Crippen molar-refractivity contribution in [3.8, 4) is 5.75 Å². The summed E-state index contributed by atoms with van der Waals surface area (Å²) in [7, 11) is 3.29. The van der Waals surface area contributed by atoms with Crippen LogP contribution >= 0.6 is 0 Å². The summed E-state index contributed by atoms with van der Waals surface area (Å²) in [6, 6.07) is 2.66. The molecule has 128 valence electrons. The van der Waals surface area contributed by atoms with Crippen molar-refractivity contribution < 1.29 is 13.9 Å². The molecule has 0 unspecified atom stereocenters. The van der Waals surface area contributed by atoms with Crippen LogP contribution in [0.2, 0.25) is 0 Å². The second-order valence-corrected chi connectivity index (χ2v) is 6.11. The van der Waals surface area contributed by atoms with Crippen molar-refractivity contribution in [1.29, 1.82) is 0 Å². The molecule has 1 aromatic heterocycles. The number of rotatable bonds is 3. The summed E-state index contributed by atoms with van der Waals surface area (Å²) >= 11 is 0. The maximum absolute atomic E-state index is 13.8. The Hall–Kier alpha value is -2.57. The van der Waals surface area contributed by atoms with Crippen LogP contribution in [0.3, 0.4) is 0 Å². The van der Waals surface area contributed by atoms with Crippen LogP contribution in [0.1, 0.15) is 23.5 Å². The van der Waals surface area contributed by atoms with E-state index in [9.17, 15) is 9.18 Å². The number of likely N-dealkylation sites (tertiary alicyclic amines) is 1. The molecule has 1 aliphatic rings. The molecule has 1 N–H and O–H groups in total. The number of hydrogen-bond acceptors (Lipinski definition) is 3. The Morgan fingerprint density at radius 1 is 1.46 bits per heavy atom. The molecule has 1 atom stereocenters. The number of halogens is 1. The van der Waals surface area contributed by atoms with E-state index in [1.807, 2.05) is 19.4 Å². The van der Waals surface area contributed by atoms with E-state index in [4.69, 9.17) is 4.74 Å². The van der Waals surface area contributed by atoms with E-state index in [1.54, 1.807) is 22.6 Å². The van der Waals surface area contributed by atoms with Gasteiger partial charge in [-0.1, -0.05) is 0 Å². The number of aryl methyl sites for hydroxylation is 2. The van der Waals surface area contributed by atoms with Crippen molar-refractivity contribution in [3.05, 3.63) is 41.5 Å². The highest BCUT2D eigenvalue weighted by Crippen LogP contribution is 2.29. The largest absolute Gasteiger partial charge is 0.494 e. The molecule has 1 aliphatic heterocycles. The molecule has 0 bridgehead atoms. The standard InChI is InChI=1S/C17H21FN4O2/c1-11-6-16(24-3)14(18)7-15(11)20-17(23)22-5-4-12(10-22)13-8-19-21(2)9-13/h6-9,12H,4-5,10H2,1-3H3,(H,20,23)/t12-/m1/s1. The van der Waals surface area contributed by atoms with Gasteiger partial charge in [-0.2, -0.15) is 5.10 Å². The Morgan fingerprint density at radius 3 is 2.92 bits per heavy atom. The lowest BCUT2D eigenvalue weighted by molar-refractivity contribution is 0.222. The minimum atomic E-state index is -0.493. The van der Waals surface area contributed by atoms with Gasteiger partial charge in [0.15, 0.2) is 11.6 Å². The summed E-state index contributed by atoms with van der Waals surface area (Å²) < 4.78 is 20.6. The fourth-order valence-corrected chi connectivity index (χ4v) is 3.01. The van der Waals surface area contributed by atoms with Gasteiger partial charge in [0.1, 0.15) is 0 Å². The fraction of sp³-hybridized carbons (Fsp3) is 0.412. The van der Waals surface area contributed by atoms with Gasteiger partial charge in [-0.25, -0.2) is 9.18 Å². The summed E-state index contributed by atoms with van der Waals surface area (Å²) in [6.45, 7) is 3.11. The van der Waals surface area contributed by atoms with E-state index in [2.05, 4.69) is 10.4 Å². The van der Waals surface area contributed by atoms with E-state index in [1.165, 1.54) is 13.2 Å². The monoisotopic (exact) mass is 332 g/mol. The number of methoxy groups -OCH3 is 1. The molecule has 2 heterocycles. The average Bonchev–Trinajstić information content (AvgIpc) is 3.19. The Labute approximate surface area is 140 Å². The van der Waals surface area contributed by atoms with Crippen LogP contribution < -0.4 is 10.1 Å². The summed E-state index contributed by atoms with van der Waals surface area (Å²) in [5.41, 5.74) is 2.35. The van der Waals surface area contributed by atoms with Gasteiger partial charge >= 0.3 is 6.03 Å². The van der Waals surface area contributed by atoms with Crippen LogP contribution in [0.25, 0.3) is 0 Å². The van der Waals surface area contributed by atoms with E-state index in [0.717, 1.165) is 17.5 Å². The number of amides is 2. The number of anilines is 1. The molecule has 3 rings (SSSR count). The first-order valence-corrected chi connectivity index (χ1v) is 7.86. The quantitative estimate of drug-likeness (QED) is 0.940. The zero-order valence-electron chi connectivity index (χ0n) is 14.0. The van der Waals surface area contributed by atoms with E-state index in [0.29, 0.717) is 18.8 Å². The molecule has 2 aromatic rings. The highest BCUT2D eigenvalue weighted by molar-refractivity contribution is 5.90. The predicted octanol–water partition coefficient (Wildman–Crippen LogP) is 2.90. The first-order chi connectivity index (χ1) is 11.5. The van der Waals surface area contributed by atoms with Crippen molar-refractivity contribution >= 4 is 11.7 Å². The molecular formula is C17H21FN4O2. The van der Waals surface area contributed by atoms with Gasteiger partial charge in [-0.15, -0.1) is 0 Å². The molecule has 0 radical (unpaired) electrons. The van der Waals surface area contributed by atoms with Crippen molar-refractivity contribution in [1.82, 2.24) is 14.7 Å². The summed E-state index contributed by atoms with van der Waals surface area (Å²) in [4.78, 5) is 14.2.